The van der Waals surface area contributed by atoms with Gasteiger partial charge in [0.1, 0.15) is 0 Å². The first-order chi connectivity index (χ1) is 10.3. The van der Waals surface area contributed by atoms with Crippen LogP contribution in [0, 0.1) is 0 Å². The average Bonchev–Trinajstić information content (AvgIpc) is 2.55. The first-order valence-corrected chi connectivity index (χ1v) is 8.26. The normalized spacial score (nSPS) is 20.8. The molecule has 0 unspecified atom stereocenters. The number of hydrogen-bond acceptors (Lipinski definition) is 4. The van der Waals surface area contributed by atoms with Crippen LogP contribution in [0.25, 0.3) is 0 Å². The van der Waals surface area contributed by atoms with Crippen molar-refractivity contribution in [3.8, 4) is 0 Å². The Balaban J connectivity index is 1.75. The van der Waals surface area contributed by atoms with Crippen molar-refractivity contribution in [3.63, 3.8) is 0 Å². The lowest BCUT2D eigenvalue weighted by molar-refractivity contribution is 0.0417. The number of pyridine rings is 1. The molecule has 0 saturated carbocycles. The topological polar surface area (TPSA) is 28.6 Å². The predicted molar refractivity (Wildman–Crippen MR) is 86.5 cm³/mol. The first-order valence-electron chi connectivity index (χ1n) is 8.26. The minimum Gasteiger partial charge on any atom is -0.380 e. The van der Waals surface area contributed by atoms with Crippen molar-refractivity contribution in [1.29, 1.82) is 0 Å². The number of hydrogen-bond donors (Lipinski definition) is 0. The van der Waals surface area contributed by atoms with Crippen LogP contribution in [0.15, 0.2) is 24.5 Å². The molecule has 1 saturated heterocycles. The zero-order valence-corrected chi connectivity index (χ0v) is 13.5. The summed E-state index contributed by atoms with van der Waals surface area (Å²) >= 11 is 0. The van der Waals surface area contributed by atoms with Gasteiger partial charge in [0.05, 0.1) is 6.61 Å². The lowest BCUT2D eigenvalue weighted by Gasteiger charge is -2.41. The highest BCUT2D eigenvalue weighted by Crippen LogP contribution is 2.13. The van der Waals surface area contributed by atoms with E-state index in [0.717, 1.165) is 32.7 Å². The second-order valence-electron chi connectivity index (χ2n) is 5.70. The fraction of sp³-hybridized carbons (Fsp3) is 0.706. The Hall–Kier alpha value is -0.970. The van der Waals surface area contributed by atoms with Gasteiger partial charge in [-0.1, -0.05) is 6.92 Å². The van der Waals surface area contributed by atoms with Gasteiger partial charge in [-0.2, -0.15) is 0 Å². The zero-order chi connectivity index (χ0) is 14.9. The summed E-state index contributed by atoms with van der Waals surface area (Å²) in [5.41, 5.74) is 1.39. The summed E-state index contributed by atoms with van der Waals surface area (Å²) in [7, 11) is 0. The van der Waals surface area contributed by atoms with Crippen LogP contribution in [0.5, 0.6) is 0 Å². The molecule has 0 bridgehead atoms. The summed E-state index contributed by atoms with van der Waals surface area (Å²) < 4.78 is 5.50. The van der Waals surface area contributed by atoms with Crippen LogP contribution in [0.2, 0.25) is 0 Å². The molecule has 1 fully saturated rings. The highest BCUT2D eigenvalue weighted by atomic mass is 16.5. The van der Waals surface area contributed by atoms with Crippen LogP contribution in [-0.2, 0) is 11.2 Å². The van der Waals surface area contributed by atoms with Crippen molar-refractivity contribution in [2.75, 3.05) is 45.9 Å². The van der Waals surface area contributed by atoms with Crippen LogP contribution < -0.4 is 0 Å². The minimum absolute atomic E-state index is 0.677. The Morgan fingerprint density at radius 1 is 1.19 bits per heavy atom. The Bertz CT molecular complexity index is 385. The minimum atomic E-state index is 0.677. The Morgan fingerprint density at radius 2 is 2.00 bits per heavy atom. The van der Waals surface area contributed by atoms with Crippen LogP contribution in [0.3, 0.4) is 0 Å². The van der Waals surface area contributed by atoms with Crippen molar-refractivity contribution in [1.82, 2.24) is 14.8 Å². The summed E-state index contributed by atoms with van der Waals surface area (Å²) in [4.78, 5) is 9.28. The molecule has 1 atom stereocenters. The van der Waals surface area contributed by atoms with E-state index in [4.69, 9.17) is 4.74 Å². The smallest absolute Gasteiger partial charge is 0.0593 e. The van der Waals surface area contributed by atoms with Crippen LogP contribution in [0.4, 0.5) is 0 Å². The number of ether oxygens (including phenoxy) is 1. The van der Waals surface area contributed by atoms with Crippen molar-refractivity contribution in [2.45, 2.75) is 32.7 Å². The molecule has 2 heterocycles. The summed E-state index contributed by atoms with van der Waals surface area (Å²) in [5, 5.41) is 0. The number of nitrogens with zero attached hydrogens (tertiary/aromatic N) is 3. The standard InChI is InChI=1S/C17H29N3O/c1-3-17-15-19(10-7-16-5-8-18-9-6-16)11-12-20(17)13-14-21-4-2/h5-6,8-9,17H,3-4,7,10-15H2,1-2H3/t17-/m0/s1. The van der Waals surface area contributed by atoms with Gasteiger partial charge in [-0.05, 0) is 37.5 Å². The van der Waals surface area contributed by atoms with Crippen LogP contribution in [0.1, 0.15) is 25.8 Å². The maximum Gasteiger partial charge on any atom is 0.0593 e. The molecule has 0 amide bonds. The molecular weight excluding hydrogens is 262 g/mol. The summed E-state index contributed by atoms with van der Waals surface area (Å²) in [6.45, 7) is 11.8. The summed E-state index contributed by atoms with van der Waals surface area (Å²) in [6, 6.07) is 4.92. The van der Waals surface area contributed by atoms with Crippen molar-refractivity contribution in [2.24, 2.45) is 0 Å². The third kappa shape index (κ3) is 5.38. The quantitative estimate of drug-likeness (QED) is 0.686. The van der Waals surface area contributed by atoms with Gasteiger partial charge in [0.2, 0.25) is 0 Å². The van der Waals surface area contributed by atoms with E-state index in [9.17, 15) is 0 Å². The molecule has 118 valence electrons. The van der Waals surface area contributed by atoms with Gasteiger partial charge in [0, 0.05) is 57.8 Å². The number of aromatic nitrogens is 1. The second-order valence-corrected chi connectivity index (χ2v) is 5.70. The SMILES string of the molecule is CCOCCN1CCN(CCc2ccncc2)C[C@@H]1CC. The molecule has 1 aromatic rings. The Morgan fingerprint density at radius 3 is 2.71 bits per heavy atom. The molecule has 2 rings (SSSR count). The largest absolute Gasteiger partial charge is 0.380 e. The van der Waals surface area contributed by atoms with Gasteiger partial charge in [-0.25, -0.2) is 0 Å². The zero-order valence-electron chi connectivity index (χ0n) is 13.5. The average molecular weight is 291 g/mol. The van der Waals surface area contributed by atoms with Crippen molar-refractivity contribution >= 4 is 0 Å². The maximum absolute atomic E-state index is 5.50. The van der Waals surface area contributed by atoms with Crippen LogP contribution in [-0.4, -0.2) is 66.8 Å². The van der Waals surface area contributed by atoms with E-state index >= 15 is 0 Å². The fourth-order valence-electron chi connectivity index (χ4n) is 3.00. The highest BCUT2D eigenvalue weighted by molar-refractivity contribution is 5.10. The molecule has 0 radical (unpaired) electrons. The second kappa shape index (κ2) is 9.13. The Kier molecular flexibility index (Phi) is 7.13. The molecule has 0 spiro atoms. The molecule has 4 nitrogen and oxygen atoms in total. The first kappa shape index (κ1) is 16.4. The molecule has 1 aliphatic rings. The highest BCUT2D eigenvalue weighted by Gasteiger charge is 2.24. The van der Waals surface area contributed by atoms with Gasteiger partial charge in [0.15, 0.2) is 0 Å². The number of rotatable bonds is 8. The molecule has 1 aromatic heterocycles. The van der Waals surface area contributed by atoms with E-state index in [0.29, 0.717) is 6.04 Å². The van der Waals surface area contributed by atoms with E-state index in [1.54, 1.807) is 0 Å². The van der Waals surface area contributed by atoms with E-state index in [2.05, 4.69) is 40.8 Å². The van der Waals surface area contributed by atoms with Gasteiger partial charge >= 0.3 is 0 Å². The molecule has 0 aliphatic carbocycles. The third-order valence-corrected chi connectivity index (χ3v) is 4.35. The van der Waals surface area contributed by atoms with Gasteiger partial charge in [0.25, 0.3) is 0 Å². The van der Waals surface area contributed by atoms with E-state index in [1.165, 1.54) is 31.6 Å². The van der Waals surface area contributed by atoms with Gasteiger partial charge in [-0.3, -0.25) is 9.88 Å². The van der Waals surface area contributed by atoms with Crippen molar-refractivity contribution < 1.29 is 4.74 Å². The molecular formula is C17H29N3O. The molecule has 4 heteroatoms. The van der Waals surface area contributed by atoms with E-state index in [-0.39, 0.29) is 0 Å². The van der Waals surface area contributed by atoms with E-state index in [1.807, 2.05) is 12.4 Å². The maximum atomic E-state index is 5.50. The molecule has 1 aliphatic heterocycles. The van der Waals surface area contributed by atoms with Gasteiger partial charge in [-0.15, -0.1) is 0 Å². The summed E-state index contributed by atoms with van der Waals surface area (Å²) in [5.74, 6) is 0. The predicted octanol–water partition coefficient (Wildman–Crippen LogP) is 2.06. The molecule has 0 aromatic carbocycles. The van der Waals surface area contributed by atoms with Gasteiger partial charge < -0.3 is 9.64 Å². The number of piperazine rings is 1. The van der Waals surface area contributed by atoms with E-state index < -0.39 is 0 Å². The lowest BCUT2D eigenvalue weighted by Crippen LogP contribution is -2.53. The van der Waals surface area contributed by atoms with Crippen LogP contribution >= 0.6 is 0 Å². The Labute approximate surface area is 129 Å². The van der Waals surface area contributed by atoms with Crippen molar-refractivity contribution in [3.05, 3.63) is 30.1 Å². The molecule has 0 N–H and O–H groups in total. The fourth-order valence-corrected chi connectivity index (χ4v) is 3.00. The lowest BCUT2D eigenvalue weighted by atomic mass is 10.1. The monoisotopic (exact) mass is 291 g/mol. The molecule has 21 heavy (non-hydrogen) atoms. The summed E-state index contributed by atoms with van der Waals surface area (Å²) in [6.07, 6.45) is 6.11. The third-order valence-electron chi connectivity index (χ3n) is 4.35.